The largest absolute Gasteiger partial charge is 0.481 e. The van der Waals surface area contributed by atoms with Gasteiger partial charge >= 0.3 is 11.9 Å². The molecule has 0 spiro atoms. The SMILES string of the molecule is CCC(C)C(NS(=O)(=O)CCCC(=O)O)C(=O)OC. The zero-order chi connectivity index (χ0) is 15.1. The molecule has 19 heavy (non-hydrogen) atoms. The van der Waals surface area contributed by atoms with Crippen LogP contribution in [0.4, 0.5) is 0 Å². The zero-order valence-corrected chi connectivity index (χ0v) is 12.2. The topological polar surface area (TPSA) is 110 Å². The number of carboxylic acid groups (broad SMARTS) is 1. The molecule has 0 aliphatic heterocycles. The summed E-state index contributed by atoms with van der Waals surface area (Å²) in [7, 11) is -2.51. The maximum Gasteiger partial charge on any atom is 0.324 e. The molecule has 2 atom stereocenters. The summed E-state index contributed by atoms with van der Waals surface area (Å²) in [6.45, 7) is 3.57. The number of carboxylic acids is 1. The summed E-state index contributed by atoms with van der Waals surface area (Å²) >= 11 is 0. The van der Waals surface area contributed by atoms with Gasteiger partial charge in [0.1, 0.15) is 6.04 Å². The third-order valence-corrected chi connectivity index (χ3v) is 4.22. The smallest absolute Gasteiger partial charge is 0.324 e. The van der Waals surface area contributed by atoms with Crippen molar-refractivity contribution in [1.82, 2.24) is 4.72 Å². The fourth-order valence-corrected chi connectivity index (χ4v) is 2.78. The predicted molar refractivity (Wildman–Crippen MR) is 69.1 cm³/mol. The number of hydrogen-bond donors (Lipinski definition) is 2. The Balaban J connectivity index is 4.64. The van der Waals surface area contributed by atoms with Gasteiger partial charge in [0.05, 0.1) is 12.9 Å². The van der Waals surface area contributed by atoms with Crippen LogP contribution in [-0.4, -0.2) is 44.4 Å². The highest BCUT2D eigenvalue weighted by Crippen LogP contribution is 2.11. The molecule has 0 radical (unpaired) electrons. The van der Waals surface area contributed by atoms with E-state index in [1.165, 1.54) is 7.11 Å². The number of rotatable bonds is 9. The predicted octanol–water partition coefficient (Wildman–Crippen LogP) is 0.358. The quantitative estimate of drug-likeness (QED) is 0.594. The van der Waals surface area contributed by atoms with Crippen molar-refractivity contribution in [3.8, 4) is 0 Å². The number of sulfonamides is 1. The van der Waals surface area contributed by atoms with E-state index in [0.29, 0.717) is 6.42 Å². The molecular formula is C11H21NO6S. The fraction of sp³-hybridized carbons (Fsp3) is 0.818. The molecule has 0 aliphatic rings. The average molecular weight is 295 g/mol. The van der Waals surface area contributed by atoms with E-state index in [-0.39, 0.29) is 24.5 Å². The van der Waals surface area contributed by atoms with Crippen molar-refractivity contribution in [2.45, 2.75) is 39.2 Å². The molecule has 0 fully saturated rings. The number of methoxy groups -OCH3 is 1. The van der Waals surface area contributed by atoms with Crippen LogP contribution in [0.5, 0.6) is 0 Å². The van der Waals surface area contributed by atoms with E-state index in [0.717, 1.165) is 0 Å². The normalized spacial score (nSPS) is 14.7. The third-order valence-electron chi connectivity index (χ3n) is 2.78. The molecule has 0 rings (SSSR count). The van der Waals surface area contributed by atoms with Gasteiger partial charge in [-0.25, -0.2) is 13.1 Å². The van der Waals surface area contributed by atoms with Crippen LogP contribution in [0.25, 0.3) is 0 Å². The zero-order valence-electron chi connectivity index (χ0n) is 11.4. The number of aliphatic carboxylic acids is 1. The summed E-state index contributed by atoms with van der Waals surface area (Å²) in [6, 6.07) is -0.940. The molecule has 0 aromatic carbocycles. The van der Waals surface area contributed by atoms with Gasteiger partial charge in [-0.3, -0.25) is 9.59 Å². The second kappa shape index (κ2) is 8.11. The van der Waals surface area contributed by atoms with Gasteiger partial charge in [-0.1, -0.05) is 20.3 Å². The molecule has 0 heterocycles. The van der Waals surface area contributed by atoms with E-state index in [4.69, 9.17) is 5.11 Å². The van der Waals surface area contributed by atoms with Crippen molar-refractivity contribution in [3.05, 3.63) is 0 Å². The Labute approximate surface area is 113 Å². The van der Waals surface area contributed by atoms with Gasteiger partial charge in [-0.15, -0.1) is 0 Å². The molecule has 0 aromatic heterocycles. The Morgan fingerprint density at radius 2 is 1.95 bits per heavy atom. The van der Waals surface area contributed by atoms with Crippen LogP contribution in [0, 0.1) is 5.92 Å². The summed E-state index contributed by atoms with van der Waals surface area (Å²) in [5.74, 6) is -2.23. The molecule has 0 amide bonds. The first-order valence-corrected chi connectivity index (χ1v) is 7.68. The molecule has 2 unspecified atom stereocenters. The Kier molecular flexibility index (Phi) is 7.62. The molecule has 112 valence electrons. The van der Waals surface area contributed by atoms with Crippen LogP contribution >= 0.6 is 0 Å². The third kappa shape index (κ3) is 7.12. The van der Waals surface area contributed by atoms with Crippen LogP contribution in [0.3, 0.4) is 0 Å². The van der Waals surface area contributed by atoms with Gasteiger partial charge in [0.2, 0.25) is 10.0 Å². The average Bonchev–Trinajstić information content (AvgIpc) is 2.33. The van der Waals surface area contributed by atoms with Gasteiger partial charge in [0, 0.05) is 6.42 Å². The lowest BCUT2D eigenvalue weighted by Gasteiger charge is -2.21. The van der Waals surface area contributed by atoms with Gasteiger partial charge < -0.3 is 9.84 Å². The van der Waals surface area contributed by atoms with Crippen molar-refractivity contribution in [2.24, 2.45) is 5.92 Å². The lowest BCUT2D eigenvalue weighted by Crippen LogP contribution is -2.46. The number of ether oxygens (including phenoxy) is 1. The first-order chi connectivity index (χ1) is 8.73. The molecule has 2 N–H and O–H groups in total. The van der Waals surface area contributed by atoms with Crippen molar-refractivity contribution in [3.63, 3.8) is 0 Å². The second-order valence-electron chi connectivity index (χ2n) is 4.32. The minimum Gasteiger partial charge on any atom is -0.481 e. The summed E-state index contributed by atoms with van der Waals surface area (Å²) < 4.78 is 30.3. The van der Waals surface area contributed by atoms with E-state index in [2.05, 4.69) is 9.46 Å². The van der Waals surface area contributed by atoms with Crippen molar-refractivity contribution in [1.29, 1.82) is 0 Å². The first kappa shape index (κ1) is 17.8. The van der Waals surface area contributed by atoms with Gasteiger partial charge in [-0.05, 0) is 12.3 Å². The summed E-state index contributed by atoms with van der Waals surface area (Å²) in [4.78, 5) is 21.9. The Hall–Kier alpha value is -1.15. The lowest BCUT2D eigenvalue weighted by molar-refractivity contribution is -0.144. The molecular weight excluding hydrogens is 274 g/mol. The molecule has 0 saturated heterocycles. The highest BCUT2D eigenvalue weighted by Gasteiger charge is 2.29. The maximum absolute atomic E-state index is 11.8. The van der Waals surface area contributed by atoms with E-state index >= 15 is 0 Å². The van der Waals surface area contributed by atoms with E-state index in [1.54, 1.807) is 6.92 Å². The Bertz CT molecular complexity index is 405. The molecule has 0 saturated carbocycles. The summed E-state index contributed by atoms with van der Waals surface area (Å²) in [5, 5.41) is 8.46. The number of hydrogen-bond acceptors (Lipinski definition) is 5. The highest BCUT2D eigenvalue weighted by atomic mass is 32.2. The molecule has 7 nitrogen and oxygen atoms in total. The van der Waals surface area contributed by atoms with Crippen LogP contribution in [0.1, 0.15) is 33.1 Å². The maximum atomic E-state index is 11.8. The van der Waals surface area contributed by atoms with E-state index in [1.807, 2.05) is 6.92 Å². The fourth-order valence-electron chi connectivity index (χ4n) is 1.43. The van der Waals surface area contributed by atoms with Crippen LogP contribution in [0.15, 0.2) is 0 Å². The van der Waals surface area contributed by atoms with Crippen LogP contribution in [0.2, 0.25) is 0 Å². The number of esters is 1. The van der Waals surface area contributed by atoms with Gasteiger partial charge in [-0.2, -0.15) is 0 Å². The monoisotopic (exact) mass is 295 g/mol. The van der Waals surface area contributed by atoms with Gasteiger partial charge in [0.25, 0.3) is 0 Å². The molecule has 8 heteroatoms. The van der Waals surface area contributed by atoms with Crippen molar-refractivity contribution >= 4 is 22.0 Å². The summed E-state index contributed by atoms with van der Waals surface area (Å²) in [5.41, 5.74) is 0. The summed E-state index contributed by atoms with van der Waals surface area (Å²) in [6.07, 6.45) is 0.379. The molecule has 0 bridgehead atoms. The number of carbonyl (C=O) groups excluding carboxylic acids is 1. The van der Waals surface area contributed by atoms with E-state index in [9.17, 15) is 18.0 Å². The van der Waals surface area contributed by atoms with Crippen LogP contribution < -0.4 is 4.72 Å². The minimum absolute atomic E-state index is 0.000927. The molecule has 0 aromatic rings. The lowest BCUT2D eigenvalue weighted by atomic mass is 10.0. The Morgan fingerprint density at radius 3 is 2.37 bits per heavy atom. The second-order valence-corrected chi connectivity index (χ2v) is 6.19. The Morgan fingerprint density at radius 1 is 1.37 bits per heavy atom. The number of carbonyl (C=O) groups is 2. The first-order valence-electron chi connectivity index (χ1n) is 6.03. The van der Waals surface area contributed by atoms with Crippen LogP contribution in [-0.2, 0) is 24.3 Å². The van der Waals surface area contributed by atoms with Crippen molar-refractivity contribution < 1.29 is 27.9 Å². The number of nitrogens with one attached hydrogen (secondary N) is 1. The van der Waals surface area contributed by atoms with E-state index < -0.39 is 28.0 Å². The van der Waals surface area contributed by atoms with Gasteiger partial charge in [0.15, 0.2) is 0 Å². The standard InChI is InChI=1S/C11H21NO6S/c1-4-8(2)10(11(15)18-3)12-19(16,17)7-5-6-9(13)14/h8,10,12H,4-7H2,1-3H3,(H,13,14). The van der Waals surface area contributed by atoms with Crippen molar-refractivity contribution in [2.75, 3.05) is 12.9 Å². The minimum atomic E-state index is -3.70. The highest BCUT2D eigenvalue weighted by molar-refractivity contribution is 7.89. The molecule has 0 aliphatic carbocycles.